The molecule has 1 aromatic rings. The Hall–Kier alpha value is -1.03. The predicted molar refractivity (Wildman–Crippen MR) is 85.0 cm³/mol. The molecule has 0 spiro atoms. The standard InChI is InChI=1S/C16H22BrNO2/c1-15(2)8-3-9-16(11-10-15,14(19)20)18-13-6-4-12(17)5-7-13/h4-7,18H,3,8-11H2,1-2H3,(H,19,20). The van der Waals surface area contributed by atoms with Crippen LogP contribution in [0.3, 0.4) is 0 Å². The van der Waals surface area contributed by atoms with Crippen LogP contribution in [0.4, 0.5) is 5.69 Å². The summed E-state index contributed by atoms with van der Waals surface area (Å²) < 4.78 is 0.995. The number of hydrogen-bond donors (Lipinski definition) is 2. The molecule has 1 unspecified atom stereocenters. The van der Waals surface area contributed by atoms with E-state index in [1.165, 1.54) is 0 Å². The minimum Gasteiger partial charge on any atom is -0.480 e. The lowest BCUT2D eigenvalue weighted by Gasteiger charge is -2.31. The van der Waals surface area contributed by atoms with Gasteiger partial charge in [-0.3, -0.25) is 0 Å². The highest BCUT2D eigenvalue weighted by Gasteiger charge is 2.41. The van der Waals surface area contributed by atoms with E-state index in [9.17, 15) is 9.90 Å². The van der Waals surface area contributed by atoms with Gasteiger partial charge in [0, 0.05) is 10.2 Å². The van der Waals surface area contributed by atoms with Crippen LogP contribution >= 0.6 is 15.9 Å². The molecule has 1 aromatic carbocycles. The van der Waals surface area contributed by atoms with Gasteiger partial charge in [0.05, 0.1) is 0 Å². The maximum Gasteiger partial charge on any atom is 0.329 e. The van der Waals surface area contributed by atoms with Gasteiger partial charge in [0.1, 0.15) is 5.54 Å². The number of hydrogen-bond acceptors (Lipinski definition) is 2. The summed E-state index contributed by atoms with van der Waals surface area (Å²) in [4.78, 5) is 11.8. The Morgan fingerprint density at radius 3 is 2.40 bits per heavy atom. The van der Waals surface area contributed by atoms with E-state index in [2.05, 4.69) is 35.1 Å². The van der Waals surface area contributed by atoms with Crippen LogP contribution in [0, 0.1) is 5.41 Å². The Morgan fingerprint density at radius 1 is 1.15 bits per heavy atom. The van der Waals surface area contributed by atoms with E-state index in [0.29, 0.717) is 12.8 Å². The number of carboxylic acid groups (broad SMARTS) is 1. The van der Waals surface area contributed by atoms with E-state index in [-0.39, 0.29) is 5.41 Å². The monoisotopic (exact) mass is 339 g/mol. The topological polar surface area (TPSA) is 49.3 Å². The fourth-order valence-corrected chi connectivity index (χ4v) is 3.14. The fraction of sp³-hybridized carbons (Fsp3) is 0.562. The third kappa shape index (κ3) is 3.54. The van der Waals surface area contributed by atoms with E-state index < -0.39 is 11.5 Å². The second-order valence-electron chi connectivity index (χ2n) is 6.54. The van der Waals surface area contributed by atoms with E-state index in [1.807, 2.05) is 24.3 Å². The molecular formula is C16H22BrNO2. The lowest BCUT2D eigenvalue weighted by molar-refractivity contribution is -0.142. The smallest absolute Gasteiger partial charge is 0.329 e. The summed E-state index contributed by atoms with van der Waals surface area (Å²) in [5.41, 5.74) is 0.274. The summed E-state index contributed by atoms with van der Waals surface area (Å²) in [7, 11) is 0. The number of carbonyl (C=O) groups is 1. The largest absolute Gasteiger partial charge is 0.480 e. The maximum atomic E-state index is 11.8. The molecule has 1 atom stereocenters. The molecule has 20 heavy (non-hydrogen) atoms. The summed E-state index contributed by atoms with van der Waals surface area (Å²) in [6, 6.07) is 7.70. The molecule has 1 aliphatic carbocycles. The van der Waals surface area contributed by atoms with Crippen LogP contribution < -0.4 is 5.32 Å². The zero-order valence-electron chi connectivity index (χ0n) is 12.1. The van der Waals surface area contributed by atoms with Crippen LogP contribution in [0.25, 0.3) is 0 Å². The molecule has 0 aromatic heterocycles. The minimum absolute atomic E-state index is 0.235. The van der Waals surface area contributed by atoms with Crippen molar-refractivity contribution in [1.29, 1.82) is 0 Å². The molecule has 3 nitrogen and oxygen atoms in total. The highest BCUT2D eigenvalue weighted by molar-refractivity contribution is 9.10. The number of benzene rings is 1. The first-order valence-corrected chi connectivity index (χ1v) is 7.90. The number of carboxylic acids is 1. The van der Waals surface area contributed by atoms with Gasteiger partial charge in [-0.05, 0) is 61.8 Å². The molecule has 0 amide bonds. The van der Waals surface area contributed by atoms with Gasteiger partial charge in [-0.2, -0.15) is 0 Å². The number of rotatable bonds is 3. The Labute approximate surface area is 128 Å². The average Bonchev–Trinajstić information content (AvgIpc) is 2.52. The molecular weight excluding hydrogens is 318 g/mol. The molecule has 0 saturated heterocycles. The highest BCUT2D eigenvalue weighted by Crippen LogP contribution is 2.39. The maximum absolute atomic E-state index is 11.8. The Balaban J connectivity index is 2.21. The van der Waals surface area contributed by atoms with Crippen molar-refractivity contribution in [3.05, 3.63) is 28.7 Å². The quantitative estimate of drug-likeness (QED) is 0.786. The molecule has 2 N–H and O–H groups in total. The van der Waals surface area contributed by atoms with Crippen molar-refractivity contribution < 1.29 is 9.90 Å². The van der Waals surface area contributed by atoms with Crippen LogP contribution in [0.2, 0.25) is 0 Å². The van der Waals surface area contributed by atoms with Gasteiger partial charge in [0.2, 0.25) is 0 Å². The molecule has 110 valence electrons. The summed E-state index contributed by atoms with van der Waals surface area (Å²) >= 11 is 3.40. The SMILES string of the molecule is CC1(C)CCCC(Nc2ccc(Br)cc2)(C(=O)O)CC1. The van der Waals surface area contributed by atoms with Gasteiger partial charge in [0.15, 0.2) is 0 Å². The summed E-state index contributed by atoms with van der Waals surface area (Å²) in [5.74, 6) is -0.738. The van der Waals surface area contributed by atoms with E-state index in [4.69, 9.17) is 0 Å². The van der Waals surface area contributed by atoms with Gasteiger partial charge in [-0.1, -0.05) is 29.8 Å². The van der Waals surface area contributed by atoms with Crippen molar-refractivity contribution in [1.82, 2.24) is 0 Å². The first-order chi connectivity index (χ1) is 9.33. The first kappa shape index (κ1) is 15.4. The third-order valence-corrected chi connectivity index (χ3v) is 4.85. The van der Waals surface area contributed by atoms with Crippen LogP contribution in [-0.2, 0) is 4.79 Å². The van der Waals surface area contributed by atoms with Crippen molar-refractivity contribution in [2.45, 2.75) is 51.5 Å². The Bertz CT molecular complexity index is 484. The van der Waals surface area contributed by atoms with E-state index >= 15 is 0 Å². The van der Waals surface area contributed by atoms with Crippen LogP contribution in [0.1, 0.15) is 46.0 Å². The fourth-order valence-electron chi connectivity index (χ4n) is 2.87. The zero-order chi connectivity index (χ0) is 14.8. The van der Waals surface area contributed by atoms with Gasteiger partial charge < -0.3 is 10.4 Å². The molecule has 0 bridgehead atoms. The van der Waals surface area contributed by atoms with Crippen LogP contribution in [0.5, 0.6) is 0 Å². The zero-order valence-corrected chi connectivity index (χ0v) is 13.7. The first-order valence-electron chi connectivity index (χ1n) is 7.10. The second-order valence-corrected chi connectivity index (χ2v) is 7.45. The third-order valence-electron chi connectivity index (χ3n) is 4.32. The van der Waals surface area contributed by atoms with Crippen LogP contribution in [0.15, 0.2) is 28.7 Å². The number of nitrogens with one attached hydrogen (secondary N) is 1. The lowest BCUT2D eigenvalue weighted by Crippen LogP contribution is -2.46. The van der Waals surface area contributed by atoms with Crippen molar-refractivity contribution in [2.75, 3.05) is 5.32 Å². The van der Waals surface area contributed by atoms with E-state index in [0.717, 1.165) is 29.4 Å². The summed E-state index contributed by atoms with van der Waals surface area (Å²) in [6.45, 7) is 4.45. The van der Waals surface area contributed by atoms with Crippen molar-refractivity contribution >= 4 is 27.6 Å². The Morgan fingerprint density at radius 2 is 1.80 bits per heavy atom. The lowest BCUT2D eigenvalue weighted by atomic mass is 9.83. The van der Waals surface area contributed by atoms with Crippen molar-refractivity contribution in [3.8, 4) is 0 Å². The van der Waals surface area contributed by atoms with Gasteiger partial charge >= 0.3 is 5.97 Å². The van der Waals surface area contributed by atoms with Gasteiger partial charge in [0.25, 0.3) is 0 Å². The average molecular weight is 340 g/mol. The Kier molecular flexibility index (Phi) is 4.43. The second kappa shape index (κ2) is 5.76. The van der Waals surface area contributed by atoms with Crippen molar-refractivity contribution in [2.24, 2.45) is 5.41 Å². The number of aliphatic carboxylic acids is 1. The van der Waals surface area contributed by atoms with E-state index in [1.54, 1.807) is 0 Å². The molecule has 0 radical (unpaired) electrons. The molecule has 1 fully saturated rings. The van der Waals surface area contributed by atoms with Crippen molar-refractivity contribution in [3.63, 3.8) is 0 Å². The summed E-state index contributed by atoms with van der Waals surface area (Å²) in [5, 5.41) is 13.0. The normalized spacial score (nSPS) is 25.8. The van der Waals surface area contributed by atoms with Gasteiger partial charge in [-0.15, -0.1) is 0 Å². The molecule has 1 aliphatic rings. The van der Waals surface area contributed by atoms with Gasteiger partial charge in [-0.25, -0.2) is 4.79 Å². The number of anilines is 1. The number of halogens is 1. The predicted octanol–water partition coefficient (Wildman–Crippen LogP) is 4.67. The molecule has 4 heteroatoms. The summed E-state index contributed by atoms with van der Waals surface area (Å²) in [6.07, 6.45) is 4.32. The molecule has 0 heterocycles. The molecule has 1 saturated carbocycles. The minimum atomic E-state index is -0.832. The highest BCUT2D eigenvalue weighted by atomic mass is 79.9. The molecule has 0 aliphatic heterocycles. The van der Waals surface area contributed by atoms with Crippen LogP contribution in [-0.4, -0.2) is 16.6 Å². The molecule has 2 rings (SSSR count).